The maximum absolute atomic E-state index is 11.3. The average molecular weight is 282 g/mol. The van der Waals surface area contributed by atoms with Crippen molar-refractivity contribution in [1.29, 1.82) is 0 Å². The largest absolute Gasteiger partial charge is 1.00 e. The standard InChI is InChI=1S/C10H20NO3.BrH/c1-3-14-10(13)8-11(2)6-4-5-9(12)7-11;/h9,12H,3-8H2,1-2H3;1H/q+1;/p-1. The minimum atomic E-state index is -0.261. The molecule has 1 saturated heterocycles. The lowest BCUT2D eigenvalue weighted by Gasteiger charge is -2.38. The van der Waals surface area contributed by atoms with Crippen molar-refractivity contribution in [2.45, 2.75) is 25.9 Å². The van der Waals surface area contributed by atoms with Crippen molar-refractivity contribution in [2.75, 3.05) is 33.3 Å². The number of carbonyl (C=O) groups excluding carboxylic acids is 1. The van der Waals surface area contributed by atoms with Gasteiger partial charge in [0.15, 0.2) is 6.54 Å². The van der Waals surface area contributed by atoms with Gasteiger partial charge in [-0.3, -0.25) is 0 Å². The first-order chi connectivity index (χ1) is 6.56. The molecule has 5 heteroatoms. The topological polar surface area (TPSA) is 46.5 Å². The number of ether oxygens (including phenoxy) is 1. The maximum Gasteiger partial charge on any atom is 0.361 e. The van der Waals surface area contributed by atoms with Crippen LogP contribution in [0, 0.1) is 0 Å². The number of hydrogen-bond donors (Lipinski definition) is 1. The summed E-state index contributed by atoms with van der Waals surface area (Å²) in [7, 11) is 2.00. The highest BCUT2D eigenvalue weighted by Gasteiger charge is 2.32. The fraction of sp³-hybridized carbons (Fsp3) is 0.900. The number of halogens is 1. The molecule has 0 aromatic heterocycles. The highest BCUT2D eigenvalue weighted by Crippen LogP contribution is 2.16. The van der Waals surface area contributed by atoms with Crippen molar-refractivity contribution in [3.05, 3.63) is 0 Å². The van der Waals surface area contributed by atoms with Crippen molar-refractivity contribution >= 4 is 5.97 Å². The Labute approximate surface area is 102 Å². The second-order valence-corrected chi connectivity index (χ2v) is 4.28. The summed E-state index contributed by atoms with van der Waals surface area (Å²) in [6, 6.07) is 0. The van der Waals surface area contributed by atoms with Gasteiger partial charge in [0.05, 0.1) is 20.2 Å². The molecule has 0 bridgehead atoms. The summed E-state index contributed by atoms with van der Waals surface area (Å²) in [5.41, 5.74) is 0. The van der Waals surface area contributed by atoms with E-state index in [9.17, 15) is 9.90 Å². The van der Waals surface area contributed by atoms with Gasteiger partial charge in [-0.15, -0.1) is 0 Å². The van der Waals surface area contributed by atoms with E-state index in [-0.39, 0.29) is 29.1 Å². The van der Waals surface area contributed by atoms with Crippen LogP contribution in [0.15, 0.2) is 0 Å². The number of nitrogens with zero attached hydrogens (tertiary/aromatic N) is 1. The highest BCUT2D eigenvalue weighted by atomic mass is 79.9. The fourth-order valence-electron chi connectivity index (χ4n) is 2.06. The maximum atomic E-state index is 11.3. The molecule has 90 valence electrons. The molecule has 0 aliphatic carbocycles. The lowest BCUT2D eigenvalue weighted by molar-refractivity contribution is -0.910. The normalized spacial score (nSPS) is 30.5. The van der Waals surface area contributed by atoms with Crippen molar-refractivity contribution in [3.8, 4) is 0 Å². The van der Waals surface area contributed by atoms with Gasteiger partial charge in [-0.1, -0.05) is 0 Å². The molecular formula is C10H20BrNO3. The van der Waals surface area contributed by atoms with Crippen LogP contribution in [-0.4, -0.2) is 55.0 Å². The number of hydrogen-bond acceptors (Lipinski definition) is 3. The number of quaternary nitrogens is 1. The Kier molecular flexibility index (Phi) is 6.40. The SMILES string of the molecule is CCOC(=O)C[N+]1(C)CCCC(O)C1.[Br-]. The molecule has 1 fully saturated rings. The lowest BCUT2D eigenvalue weighted by Crippen LogP contribution is -3.00. The molecule has 2 atom stereocenters. The second-order valence-electron chi connectivity index (χ2n) is 4.28. The lowest BCUT2D eigenvalue weighted by atomic mass is 10.1. The smallest absolute Gasteiger partial charge is 0.361 e. The number of likely N-dealkylation sites (tertiary alicyclic amines) is 1. The summed E-state index contributed by atoms with van der Waals surface area (Å²) >= 11 is 0. The monoisotopic (exact) mass is 281 g/mol. The predicted octanol–water partition coefficient (Wildman–Crippen LogP) is -2.85. The first kappa shape index (κ1) is 14.9. The van der Waals surface area contributed by atoms with Crippen LogP contribution in [0.4, 0.5) is 0 Å². The molecule has 1 rings (SSSR count). The average Bonchev–Trinajstić information content (AvgIpc) is 2.02. The molecule has 2 unspecified atom stereocenters. The summed E-state index contributed by atoms with van der Waals surface area (Å²) in [6.07, 6.45) is 1.58. The predicted molar refractivity (Wildman–Crippen MR) is 52.7 cm³/mol. The third-order valence-corrected chi connectivity index (χ3v) is 2.70. The van der Waals surface area contributed by atoms with Gasteiger partial charge in [0.25, 0.3) is 0 Å². The number of rotatable bonds is 3. The summed E-state index contributed by atoms with van der Waals surface area (Å²) < 4.78 is 5.52. The zero-order valence-electron chi connectivity index (χ0n) is 9.41. The molecule has 0 saturated carbocycles. The van der Waals surface area contributed by atoms with E-state index in [1.165, 1.54) is 0 Å². The third kappa shape index (κ3) is 4.95. The molecule has 0 spiro atoms. The van der Waals surface area contributed by atoms with E-state index in [0.717, 1.165) is 19.4 Å². The Morgan fingerprint density at radius 1 is 1.60 bits per heavy atom. The summed E-state index contributed by atoms with van der Waals surface area (Å²) in [5.74, 6) is -0.163. The Morgan fingerprint density at radius 3 is 2.80 bits per heavy atom. The minimum absolute atomic E-state index is 0. The van der Waals surface area contributed by atoms with Gasteiger partial charge in [-0.2, -0.15) is 0 Å². The molecule has 0 amide bonds. The molecule has 15 heavy (non-hydrogen) atoms. The molecule has 0 aromatic rings. The van der Waals surface area contributed by atoms with Crippen molar-refractivity contribution in [2.24, 2.45) is 0 Å². The van der Waals surface area contributed by atoms with Gasteiger partial charge in [0.1, 0.15) is 12.6 Å². The van der Waals surface area contributed by atoms with Crippen LogP contribution in [-0.2, 0) is 9.53 Å². The Balaban J connectivity index is 0.00000196. The number of aliphatic hydroxyl groups excluding tert-OH is 1. The quantitative estimate of drug-likeness (QED) is 0.448. The van der Waals surface area contributed by atoms with Crippen LogP contribution in [0.1, 0.15) is 19.8 Å². The van der Waals surface area contributed by atoms with E-state index in [2.05, 4.69) is 0 Å². The van der Waals surface area contributed by atoms with Crippen LogP contribution in [0.25, 0.3) is 0 Å². The molecule has 1 N–H and O–H groups in total. The first-order valence-electron chi connectivity index (χ1n) is 5.23. The number of carbonyl (C=O) groups is 1. The summed E-state index contributed by atoms with van der Waals surface area (Å²) in [4.78, 5) is 11.3. The zero-order valence-corrected chi connectivity index (χ0v) is 11.0. The molecule has 0 radical (unpaired) electrons. The Bertz CT molecular complexity index is 213. The van der Waals surface area contributed by atoms with Gasteiger partial charge >= 0.3 is 5.97 Å². The van der Waals surface area contributed by atoms with E-state index >= 15 is 0 Å². The summed E-state index contributed by atoms with van der Waals surface area (Å²) in [5, 5.41) is 9.52. The third-order valence-electron chi connectivity index (χ3n) is 2.70. The number of likely N-dealkylation sites (N-methyl/N-ethyl adjacent to an activating group) is 1. The zero-order chi connectivity index (χ0) is 10.6. The van der Waals surface area contributed by atoms with Gasteiger partial charge in [0.2, 0.25) is 0 Å². The van der Waals surface area contributed by atoms with Gasteiger partial charge in [-0.05, 0) is 19.8 Å². The second kappa shape index (κ2) is 6.45. The molecule has 1 aliphatic rings. The van der Waals surface area contributed by atoms with Crippen molar-refractivity contribution in [1.82, 2.24) is 0 Å². The van der Waals surface area contributed by atoms with Gasteiger partial charge < -0.3 is 31.3 Å². The number of aliphatic hydroxyl groups is 1. The highest BCUT2D eigenvalue weighted by molar-refractivity contribution is 5.70. The van der Waals surface area contributed by atoms with Crippen LogP contribution in [0.3, 0.4) is 0 Å². The van der Waals surface area contributed by atoms with Gasteiger partial charge in [-0.25, -0.2) is 4.79 Å². The number of piperidine rings is 1. The molecule has 4 nitrogen and oxygen atoms in total. The molecule has 0 aromatic carbocycles. The van der Waals surface area contributed by atoms with Crippen LogP contribution < -0.4 is 17.0 Å². The molecule has 1 heterocycles. The van der Waals surface area contributed by atoms with E-state index in [0.29, 0.717) is 24.2 Å². The Morgan fingerprint density at radius 2 is 2.27 bits per heavy atom. The van der Waals surface area contributed by atoms with E-state index < -0.39 is 0 Å². The summed E-state index contributed by atoms with van der Waals surface area (Å²) in [6.45, 7) is 4.24. The minimum Gasteiger partial charge on any atom is -1.00 e. The van der Waals surface area contributed by atoms with Crippen LogP contribution in [0.2, 0.25) is 0 Å². The molecular weight excluding hydrogens is 262 g/mol. The van der Waals surface area contributed by atoms with Crippen LogP contribution in [0.5, 0.6) is 0 Å². The van der Waals surface area contributed by atoms with E-state index in [1.807, 2.05) is 14.0 Å². The van der Waals surface area contributed by atoms with E-state index in [1.54, 1.807) is 0 Å². The van der Waals surface area contributed by atoms with E-state index in [4.69, 9.17) is 4.74 Å². The van der Waals surface area contributed by atoms with Crippen molar-refractivity contribution in [3.63, 3.8) is 0 Å². The molecule has 1 aliphatic heterocycles. The first-order valence-corrected chi connectivity index (χ1v) is 5.23. The Hall–Kier alpha value is -0.130. The fourth-order valence-corrected chi connectivity index (χ4v) is 2.06. The number of esters is 1. The van der Waals surface area contributed by atoms with Crippen molar-refractivity contribution < 1.29 is 36.1 Å². The van der Waals surface area contributed by atoms with Crippen LogP contribution >= 0.6 is 0 Å². The van der Waals surface area contributed by atoms with Gasteiger partial charge in [0, 0.05) is 0 Å².